The molecule has 0 aromatic rings. The minimum absolute atomic E-state index is 0. The SMILES string of the molecule is NC(CC(=O)O)C(=O)O.NCCCC(N)C(=O)O.O=C([O-])O.[Na+]. The fourth-order valence-electron chi connectivity index (χ4n) is 0.737. The molecule has 0 rings (SSSR count). The van der Waals surface area contributed by atoms with Crippen molar-refractivity contribution >= 4 is 24.1 Å². The van der Waals surface area contributed by atoms with Crippen molar-refractivity contribution in [2.24, 2.45) is 17.2 Å². The summed E-state index contributed by atoms with van der Waals surface area (Å²) in [6.45, 7) is 0.501. The predicted molar refractivity (Wildman–Crippen MR) is 69.8 cm³/mol. The molecule has 2 unspecified atom stereocenters. The van der Waals surface area contributed by atoms with Crippen LogP contribution in [0.3, 0.4) is 0 Å². The Kier molecular flexibility index (Phi) is 23.9. The van der Waals surface area contributed by atoms with Crippen LogP contribution < -0.4 is 51.9 Å². The van der Waals surface area contributed by atoms with E-state index in [1.165, 1.54) is 0 Å². The Balaban J connectivity index is -0.000000124. The molecule has 0 aliphatic rings. The van der Waals surface area contributed by atoms with Gasteiger partial charge in [0.2, 0.25) is 6.16 Å². The molecule has 0 bridgehead atoms. The number of hydrogen-bond acceptors (Lipinski definition) is 8. The fourth-order valence-corrected chi connectivity index (χ4v) is 0.737. The molecule has 0 heterocycles. The van der Waals surface area contributed by atoms with Gasteiger partial charge in [-0.25, -0.2) is 0 Å². The quantitative estimate of drug-likeness (QED) is 0.212. The second-order valence-electron chi connectivity index (χ2n) is 3.68. The Morgan fingerprint density at radius 2 is 1.26 bits per heavy atom. The topological polar surface area (TPSA) is 250 Å². The second kappa shape index (κ2) is 18.6. The summed E-state index contributed by atoms with van der Waals surface area (Å²) in [5.41, 5.74) is 15.1. The van der Waals surface area contributed by atoms with Crippen LogP contribution in [-0.2, 0) is 14.4 Å². The molecule has 13 heteroatoms. The number of carbonyl (C=O) groups is 4. The third kappa shape index (κ3) is 33.4. The van der Waals surface area contributed by atoms with Crippen LogP contribution >= 0.6 is 0 Å². The van der Waals surface area contributed by atoms with Crippen molar-refractivity contribution in [3.63, 3.8) is 0 Å². The first kappa shape index (κ1) is 29.6. The Hall–Kier alpha value is -1.44. The van der Waals surface area contributed by atoms with Gasteiger partial charge in [0.05, 0.1) is 6.42 Å². The molecule has 2 atom stereocenters. The van der Waals surface area contributed by atoms with Crippen LogP contribution in [0.15, 0.2) is 0 Å². The Morgan fingerprint density at radius 1 is 0.913 bits per heavy atom. The van der Waals surface area contributed by atoms with E-state index in [1.807, 2.05) is 0 Å². The molecule has 0 aromatic carbocycles. The molecule has 0 radical (unpaired) electrons. The molecule has 0 saturated carbocycles. The van der Waals surface area contributed by atoms with Crippen LogP contribution in [0.2, 0.25) is 0 Å². The van der Waals surface area contributed by atoms with Gasteiger partial charge in [0.25, 0.3) is 0 Å². The van der Waals surface area contributed by atoms with Gasteiger partial charge in [0, 0.05) is 0 Å². The molecule has 0 fully saturated rings. The van der Waals surface area contributed by atoms with Gasteiger partial charge in [0.1, 0.15) is 12.1 Å². The molecule has 0 aromatic heterocycles. The number of rotatable bonds is 7. The standard InChI is InChI=1S/C5H12N2O2.C4H7NO4.CH2O3.Na/c6-3-1-2-4(7)5(8)9;5-2(4(8)9)1-3(6)7;2-1(3)4;/h4H,1-3,6-7H2,(H,8,9);2H,1,5H2,(H,6,7)(H,8,9);(H2,2,3,4);/q;;;+1/p-1. The average molecular weight is 349 g/mol. The van der Waals surface area contributed by atoms with Crippen molar-refractivity contribution < 1.29 is 74.3 Å². The molecule has 23 heavy (non-hydrogen) atoms. The molecule has 12 nitrogen and oxygen atoms in total. The average Bonchev–Trinajstić information content (AvgIpc) is 2.34. The first-order chi connectivity index (χ1) is 9.95. The van der Waals surface area contributed by atoms with Crippen molar-refractivity contribution in [3.05, 3.63) is 0 Å². The van der Waals surface area contributed by atoms with Crippen LogP contribution in [0.4, 0.5) is 4.79 Å². The zero-order valence-electron chi connectivity index (χ0n) is 12.5. The Bertz CT molecular complexity index is 363. The summed E-state index contributed by atoms with van der Waals surface area (Å²) in [6, 6.07) is -2.03. The first-order valence-corrected chi connectivity index (χ1v) is 5.74. The molecule has 0 saturated heterocycles. The van der Waals surface area contributed by atoms with Gasteiger partial charge in [-0.05, 0) is 19.4 Å². The summed E-state index contributed by atoms with van der Waals surface area (Å²) in [7, 11) is 0. The Morgan fingerprint density at radius 3 is 1.43 bits per heavy atom. The van der Waals surface area contributed by atoms with Crippen molar-refractivity contribution in [1.82, 2.24) is 0 Å². The third-order valence-electron chi connectivity index (χ3n) is 1.75. The zero-order valence-corrected chi connectivity index (χ0v) is 14.5. The van der Waals surface area contributed by atoms with Crippen LogP contribution in [0.25, 0.3) is 0 Å². The van der Waals surface area contributed by atoms with E-state index in [0.717, 1.165) is 0 Å². The predicted octanol–water partition coefficient (Wildman–Crippen LogP) is -6.10. The van der Waals surface area contributed by atoms with Gasteiger partial charge < -0.3 is 47.5 Å². The summed E-state index contributed by atoms with van der Waals surface area (Å²) in [5, 5.41) is 39.6. The van der Waals surface area contributed by atoms with E-state index in [-0.39, 0.29) is 29.6 Å². The van der Waals surface area contributed by atoms with Crippen LogP contribution in [0, 0.1) is 0 Å². The van der Waals surface area contributed by atoms with Gasteiger partial charge in [-0.2, -0.15) is 0 Å². The molecule has 0 spiro atoms. The maximum atomic E-state index is 10.0. The maximum absolute atomic E-state index is 10.0. The normalized spacial score (nSPS) is 11.1. The van der Waals surface area contributed by atoms with E-state index in [2.05, 4.69) is 0 Å². The number of hydrogen-bond donors (Lipinski definition) is 7. The molecule has 0 aliphatic heterocycles. The van der Waals surface area contributed by atoms with E-state index in [4.69, 9.17) is 47.5 Å². The molecule has 10 N–H and O–H groups in total. The number of aliphatic carboxylic acids is 3. The number of nitrogens with two attached hydrogens (primary N) is 3. The summed E-state index contributed by atoms with van der Waals surface area (Å²) >= 11 is 0. The minimum atomic E-state index is -2.08. The van der Waals surface area contributed by atoms with E-state index < -0.39 is 42.6 Å². The van der Waals surface area contributed by atoms with Gasteiger partial charge >= 0.3 is 47.5 Å². The number of carboxylic acids is 3. The van der Waals surface area contributed by atoms with E-state index in [1.54, 1.807) is 0 Å². The molecule has 130 valence electrons. The van der Waals surface area contributed by atoms with Crippen molar-refractivity contribution in [2.45, 2.75) is 31.3 Å². The van der Waals surface area contributed by atoms with Gasteiger partial charge in [-0.1, -0.05) is 0 Å². The maximum Gasteiger partial charge on any atom is 1.00 e. The molecular weight excluding hydrogens is 329 g/mol. The fraction of sp³-hybridized carbons (Fsp3) is 0.600. The third-order valence-corrected chi connectivity index (χ3v) is 1.75. The zero-order chi connectivity index (χ0) is 18.3. The monoisotopic (exact) mass is 349 g/mol. The van der Waals surface area contributed by atoms with Gasteiger partial charge in [-0.15, -0.1) is 0 Å². The second-order valence-corrected chi connectivity index (χ2v) is 3.68. The largest absolute Gasteiger partial charge is 1.00 e. The van der Waals surface area contributed by atoms with Crippen LogP contribution in [0.1, 0.15) is 19.3 Å². The van der Waals surface area contributed by atoms with Crippen LogP contribution in [-0.4, -0.2) is 63.1 Å². The van der Waals surface area contributed by atoms with Gasteiger partial charge in [-0.3, -0.25) is 14.4 Å². The summed E-state index contributed by atoms with van der Waals surface area (Å²) in [4.78, 5) is 38.1. The van der Waals surface area contributed by atoms with Gasteiger partial charge in [0.15, 0.2) is 0 Å². The smallest absolute Gasteiger partial charge is 0.565 e. The Labute approximate surface area is 153 Å². The van der Waals surface area contributed by atoms with E-state index >= 15 is 0 Å². The van der Waals surface area contributed by atoms with Crippen molar-refractivity contribution in [2.75, 3.05) is 6.54 Å². The van der Waals surface area contributed by atoms with Crippen molar-refractivity contribution in [1.29, 1.82) is 0 Å². The summed E-state index contributed by atoms with van der Waals surface area (Å²) in [5.74, 6) is -3.45. The first-order valence-electron chi connectivity index (χ1n) is 5.74. The summed E-state index contributed by atoms with van der Waals surface area (Å²) < 4.78 is 0. The molecule has 0 amide bonds. The van der Waals surface area contributed by atoms with Crippen molar-refractivity contribution in [3.8, 4) is 0 Å². The van der Waals surface area contributed by atoms with E-state index in [0.29, 0.717) is 19.4 Å². The molecular formula is C10H20N3NaO9. The number of carboxylic acid groups (broad SMARTS) is 5. The molecule has 0 aliphatic carbocycles. The minimum Gasteiger partial charge on any atom is -0.565 e. The van der Waals surface area contributed by atoms with E-state index in [9.17, 15) is 14.4 Å². The van der Waals surface area contributed by atoms with Crippen LogP contribution in [0.5, 0.6) is 0 Å². The summed E-state index contributed by atoms with van der Waals surface area (Å²) in [6.07, 6.45) is -1.48.